The van der Waals surface area contributed by atoms with Gasteiger partial charge in [-0.2, -0.15) is 0 Å². The van der Waals surface area contributed by atoms with Gasteiger partial charge in [-0.1, -0.05) is 49.0 Å². The summed E-state index contributed by atoms with van der Waals surface area (Å²) in [5.74, 6) is 0.905. The maximum absolute atomic E-state index is 13.0. The highest BCUT2D eigenvalue weighted by atomic mass is 35.5. The highest BCUT2D eigenvalue weighted by molar-refractivity contribution is 6.37. The predicted molar refractivity (Wildman–Crippen MR) is 115 cm³/mol. The van der Waals surface area contributed by atoms with Crippen molar-refractivity contribution in [2.45, 2.75) is 39.0 Å². The summed E-state index contributed by atoms with van der Waals surface area (Å²) in [6, 6.07) is 5.22. The molecule has 1 aromatic heterocycles. The van der Waals surface area contributed by atoms with E-state index in [4.69, 9.17) is 23.2 Å². The summed E-state index contributed by atoms with van der Waals surface area (Å²) in [7, 11) is 0. The Kier molecular flexibility index (Phi) is 6.29. The Bertz CT molecular complexity index is 927. The van der Waals surface area contributed by atoms with Crippen LogP contribution in [-0.4, -0.2) is 62.6 Å². The molecule has 1 aliphatic heterocycles. The number of piperazine rings is 1. The van der Waals surface area contributed by atoms with Crippen LogP contribution in [0.4, 0.5) is 0 Å². The van der Waals surface area contributed by atoms with Crippen LogP contribution in [0.2, 0.25) is 10.0 Å². The van der Waals surface area contributed by atoms with E-state index in [1.165, 1.54) is 0 Å². The van der Waals surface area contributed by atoms with E-state index in [-0.39, 0.29) is 23.6 Å². The smallest absolute Gasteiger partial charge is 0.293 e. The van der Waals surface area contributed by atoms with E-state index in [2.05, 4.69) is 10.1 Å². The molecule has 2 aliphatic rings. The number of aromatic nitrogens is 3. The van der Waals surface area contributed by atoms with Gasteiger partial charge < -0.3 is 9.80 Å². The molecule has 30 heavy (non-hydrogen) atoms. The molecule has 1 saturated heterocycles. The van der Waals surface area contributed by atoms with Gasteiger partial charge in [-0.05, 0) is 25.0 Å². The van der Waals surface area contributed by atoms with Gasteiger partial charge in [0.15, 0.2) is 0 Å². The van der Waals surface area contributed by atoms with E-state index in [1.807, 2.05) is 11.8 Å². The van der Waals surface area contributed by atoms with Crippen molar-refractivity contribution in [3.05, 3.63) is 39.9 Å². The number of hydrogen-bond donors (Lipinski definition) is 0. The molecule has 0 spiro atoms. The zero-order chi connectivity index (χ0) is 21.3. The standard InChI is InChI=1S/C21H25Cl2N5O2/c1-2-17-24-19(25-28(17)18-15(22)8-5-9-16(18)23)21(30)27-12-10-26(11-13-27)20(29)14-6-3-4-7-14/h5,8-9,14H,2-4,6-7,10-13H2,1H3. The van der Waals surface area contributed by atoms with Gasteiger partial charge in [0.05, 0.1) is 10.0 Å². The van der Waals surface area contributed by atoms with Crippen molar-refractivity contribution < 1.29 is 9.59 Å². The molecule has 7 nitrogen and oxygen atoms in total. The molecule has 2 aromatic rings. The van der Waals surface area contributed by atoms with Gasteiger partial charge in [0.2, 0.25) is 11.7 Å². The molecule has 2 amide bonds. The number of hydrogen-bond acceptors (Lipinski definition) is 4. The van der Waals surface area contributed by atoms with Crippen LogP contribution in [0, 0.1) is 5.92 Å². The average Bonchev–Trinajstić information content (AvgIpc) is 3.43. The Balaban J connectivity index is 1.48. The highest BCUT2D eigenvalue weighted by Gasteiger charge is 2.32. The first-order valence-electron chi connectivity index (χ1n) is 10.5. The minimum atomic E-state index is -0.236. The summed E-state index contributed by atoms with van der Waals surface area (Å²) < 4.78 is 1.55. The minimum absolute atomic E-state index is 0.124. The van der Waals surface area contributed by atoms with Gasteiger partial charge in [-0.3, -0.25) is 9.59 Å². The molecule has 2 heterocycles. The number of rotatable bonds is 4. The number of nitrogens with zero attached hydrogens (tertiary/aromatic N) is 5. The van der Waals surface area contributed by atoms with Gasteiger partial charge >= 0.3 is 0 Å². The molecule has 2 fully saturated rings. The molecular weight excluding hydrogens is 425 g/mol. The van der Waals surface area contributed by atoms with Crippen molar-refractivity contribution in [2.24, 2.45) is 5.92 Å². The van der Waals surface area contributed by atoms with Gasteiger partial charge in [-0.15, -0.1) is 5.10 Å². The number of carbonyl (C=O) groups excluding carboxylic acids is 2. The van der Waals surface area contributed by atoms with Gasteiger partial charge in [-0.25, -0.2) is 9.67 Å². The van der Waals surface area contributed by atoms with E-state index < -0.39 is 0 Å². The Morgan fingerprint density at radius 3 is 2.23 bits per heavy atom. The molecule has 0 radical (unpaired) electrons. The molecule has 0 unspecified atom stereocenters. The molecule has 0 bridgehead atoms. The summed E-state index contributed by atoms with van der Waals surface area (Å²) in [6.45, 7) is 4.02. The summed E-state index contributed by atoms with van der Waals surface area (Å²) in [6.07, 6.45) is 4.83. The van der Waals surface area contributed by atoms with Crippen molar-refractivity contribution in [1.82, 2.24) is 24.6 Å². The van der Waals surface area contributed by atoms with Crippen molar-refractivity contribution in [3.8, 4) is 5.69 Å². The second-order valence-corrected chi connectivity index (χ2v) is 8.60. The Morgan fingerprint density at radius 1 is 1.03 bits per heavy atom. The topological polar surface area (TPSA) is 71.3 Å². The van der Waals surface area contributed by atoms with E-state index in [0.717, 1.165) is 25.7 Å². The molecule has 9 heteroatoms. The SMILES string of the molecule is CCc1nc(C(=O)N2CCN(C(=O)C3CCCC3)CC2)nn1-c1c(Cl)cccc1Cl. The van der Waals surface area contributed by atoms with Crippen LogP contribution >= 0.6 is 23.2 Å². The number of para-hydroxylation sites is 1. The first kappa shape index (κ1) is 21.1. The van der Waals surface area contributed by atoms with Crippen LogP contribution in [0.5, 0.6) is 0 Å². The fraction of sp³-hybridized carbons (Fsp3) is 0.524. The maximum Gasteiger partial charge on any atom is 0.293 e. The average molecular weight is 450 g/mol. The van der Waals surface area contributed by atoms with Crippen molar-refractivity contribution in [3.63, 3.8) is 0 Å². The van der Waals surface area contributed by atoms with Crippen LogP contribution in [-0.2, 0) is 11.2 Å². The number of amides is 2. The third-order valence-electron chi connectivity index (χ3n) is 5.91. The fourth-order valence-electron chi connectivity index (χ4n) is 4.24. The van der Waals surface area contributed by atoms with Crippen LogP contribution in [0.3, 0.4) is 0 Å². The molecular formula is C21H25Cl2N5O2. The maximum atomic E-state index is 13.0. The predicted octanol–water partition coefficient (Wildman–Crippen LogP) is 3.61. The molecule has 160 valence electrons. The first-order valence-corrected chi connectivity index (χ1v) is 11.2. The molecule has 0 N–H and O–H groups in total. The third kappa shape index (κ3) is 4.05. The Labute approximate surface area is 185 Å². The largest absolute Gasteiger partial charge is 0.339 e. The second-order valence-electron chi connectivity index (χ2n) is 7.79. The highest BCUT2D eigenvalue weighted by Crippen LogP contribution is 2.29. The third-order valence-corrected chi connectivity index (χ3v) is 6.52. The summed E-state index contributed by atoms with van der Waals surface area (Å²) >= 11 is 12.6. The van der Waals surface area contributed by atoms with E-state index in [0.29, 0.717) is 54.2 Å². The lowest BCUT2D eigenvalue weighted by atomic mass is 10.1. The number of halogens is 2. The lowest BCUT2D eigenvalue weighted by Gasteiger charge is -2.35. The second kappa shape index (κ2) is 8.94. The number of benzene rings is 1. The van der Waals surface area contributed by atoms with E-state index >= 15 is 0 Å². The zero-order valence-electron chi connectivity index (χ0n) is 17.0. The van der Waals surface area contributed by atoms with Crippen molar-refractivity contribution in [1.29, 1.82) is 0 Å². The van der Waals surface area contributed by atoms with Crippen LogP contribution in [0.1, 0.15) is 49.1 Å². The van der Waals surface area contributed by atoms with Crippen molar-refractivity contribution in [2.75, 3.05) is 26.2 Å². The monoisotopic (exact) mass is 449 g/mol. The normalized spacial score (nSPS) is 17.6. The van der Waals surface area contributed by atoms with E-state index in [9.17, 15) is 9.59 Å². The lowest BCUT2D eigenvalue weighted by Crippen LogP contribution is -2.52. The number of carbonyl (C=O) groups is 2. The van der Waals surface area contributed by atoms with Gasteiger partial charge in [0.1, 0.15) is 11.5 Å². The van der Waals surface area contributed by atoms with Gasteiger partial charge in [0.25, 0.3) is 5.91 Å². The zero-order valence-corrected chi connectivity index (χ0v) is 18.5. The van der Waals surface area contributed by atoms with Crippen LogP contribution < -0.4 is 0 Å². The van der Waals surface area contributed by atoms with E-state index in [1.54, 1.807) is 27.8 Å². The molecule has 4 rings (SSSR count). The molecule has 1 saturated carbocycles. The Morgan fingerprint density at radius 2 is 1.63 bits per heavy atom. The van der Waals surface area contributed by atoms with Crippen molar-refractivity contribution >= 4 is 35.0 Å². The van der Waals surface area contributed by atoms with Crippen LogP contribution in [0.25, 0.3) is 5.69 Å². The first-order chi connectivity index (χ1) is 14.5. The molecule has 0 atom stereocenters. The summed E-state index contributed by atoms with van der Waals surface area (Å²) in [4.78, 5) is 33.7. The summed E-state index contributed by atoms with van der Waals surface area (Å²) in [5.41, 5.74) is 0.524. The molecule has 1 aliphatic carbocycles. The quantitative estimate of drug-likeness (QED) is 0.714. The molecule has 1 aromatic carbocycles. The minimum Gasteiger partial charge on any atom is -0.339 e. The number of aryl methyl sites for hydroxylation is 1. The van der Waals surface area contributed by atoms with Crippen LogP contribution in [0.15, 0.2) is 18.2 Å². The van der Waals surface area contributed by atoms with Gasteiger partial charge in [0, 0.05) is 38.5 Å². The Hall–Kier alpha value is -2.12. The fourth-order valence-corrected chi connectivity index (χ4v) is 4.79. The summed E-state index contributed by atoms with van der Waals surface area (Å²) in [5, 5.41) is 5.32. The lowest BCUT2D eigenvalue weighted by molar-refractivity contribution is -0.136.